The Hall–Kier alpha value is -3.53. The van der Waals surface area contributed by atoms with Crippen molar-refractivity contribution < 1.29 is 19.0 Å². The molecule has 9 nitrogen and oxygen atoms in total. The highest BCUT2D eigenvalue weighted by Crippen LogP contribution is 2.40. The van der Waals surface area contributed by atoms with Gasteiger partial charge in [-0.2, -0.15) is 0 Å². The summed E-state index contributed by atoms with van der Waals surface area (Å²) in [6.07, 6.45) is 6.38. The topological polar surface area (TPSA) is 101 Å². The number of carboxylic acid groups (broad SMARTS) is 1. The van der Waals surface area contributed by atoms with Gasteiger partial charge in [-0.25, -0.2) is 19.2 Å². The molecule has 3 aromatic rings. The van der Waals surface area contributed by atoms with Crippen LogP contribution in [0.15, 0.2) is 35.8 Å². The van der Waals surface area contributed by atoms with E-state index >= 15 is 4.39 Å². The van der Waals surface area contributed by atoms with E-state index in [1.807, 2.05) is 4.90 Å². The lowest BCUT2D eigenvalue weighted by Crippen LogP contribution is -2.46. The summed E-state index contributed by atoms with van der Waals surface area (Å²) in [6, 6.07) is 1.14. The number of pyridine rings is 1. The van der Waals surface area contributed by atoms with E-state index in [1.165, 1.54) is 12.5 Å². The van der Waals surface area contributed by atoms with Gasteiger partial charge in [0.05, 0.1) is 17.4 Å². The minimum Gasteiger partial charge on any atom is -0.487 e. The maximum absolute atomic E-state index is 15.2. The number of aromatic carboxylic acids is 1. The maximum atomic E-state index is 15.2. The maximum Gasteiger partial charge on any atom is 0.341 e. The van der Waals surface area contributed by atoms with Crippen molar-refractivity contribution in [2.45, 2.75) is 13.1 Å². The molecule has 1 fully saturated rings. The van der Waals surface area contributed by atoms with Crippen molar-refractivity contribution in [3.63, 3.8) is 0 Å². The van der Waals surface area contributed by atoms with Crippen LogP contribution in [0, 0.1) is 5.82 Å². The third-order valence-electron chi connectivity index (χ3n) is 5.76. The molecule has 0 saturated carbocycles. The summed E-state index contributed by atoms with van der Waals surface area (Å²) in [5.41, 5.74) is 0.717. The second-order valence-electron chi connectivity index (χ2n) is 7.66. The predicted octanol–water partition coefficient (Wildman–Crippen LogP) is 1.34. The van der Waals surface area contributed by atoms with Crippen LogP contribution in [0.4, 0.5) is 10.1 Å². The summed E-state index contributed by atoms with van der Waals surface area (Å²) in [7, 11) is 0. The number of carbonyl (C=O) groups is 1. The molecule has 0 aliphatic carbocycles. The Morgan fingerprint density at radius 2 is 1.90 bits per heavy atom. The van der Waals surface area contributed by atoms with E-state index in [-0.39, 0.29) is 17.6 Å². The van der Waals surface area contributed by atoms with Crippen molar-refractivity contribution in [1.29, 1.82) is 0 Å². The van der Waals surface area contributed by atoms with Crippen molar-refractivity contribution in [2.24, 2.45) is 0 Å². The first-order chi connectivity index (χ1) is 15.0. The molecular weight excluding hydrogens is 405 g/mol. The summed E-state index contributed by atoms with van der Waals surface area (Å²) in [5.74, 6) is -1.60. The fraction of sp³-hybridized carbons (Fsp3) is 0.333. The van der Waals surface area contributed by atoms with Gasteiger partial charge in [0.2, 0.25) is 5.43 Å². The predicted molar refractivity (Wildman–Crippen MR) is 110 cm³/mol. The van der Waals surface area contributed by atoms with Gasteiger partial charge in [-0.3, -0.25) is 9.69 Å². The summed E-state index contributed by atoms with van der Waals surface area (Å²) in [4.78, 5) is 36.3. The van der Waals surface area contributed by atoms with Crippen molar-refractivity contribution in [2.75, 3.05) is 37.7 Å². The Bertz CT molecular complexity index is 1220. The van der Waals surface area contributed by atoms with Crippen LogP contribution in [0.5, 0.6) is 5.75 Å². The summed E-state index contributed by atoms with van der Waals surface area (Å²) in [6.45, 7) is 3.99. The van der Waals surface area contributed by atoms with E-state index in [0.717, 1.165) is 31.3 Å². The van der Waals surface area contributed by atoms with Crippen molar-refractivity contribution in [3.8, 4) is 5.75 Å². The van der Waals surface area contributed by atoms with Crippen LogP contribution in [0.25, 0.3) is 10.9 Å². The number of hydrogen-bond donors (Lipinski definition) is 1. The molecule has 160 valence electrons. The zero-order valence-corrected chi connectivity index (χ0v) is 16.6. The van der Waals surface area contributed by atoms with Crippen LogP contribution < -0.4 is 15.1 Å². The third-order valence-corrected chi connectivity index (χ3v) is 5.76. The molecule has 2 aromatic heterocycles. The lowest BCUT2D eigenvalue weighted by molar-refractivity contribution is 0.0694. The molecule has 31 heavy (non-hydrogen) atoms. The minimum absolute atomic E-state index is 0.0264. The molecule has 0 amide bonds. The second-order valence-corrected chi connectivity index (χ2v) is 7.66. The molecule has 4 heterocycles. The molecule has 2 aliphatic rings. The second kappa shape index (κ2) is 7.62. The van der Waals surface area contributed by atoms with Crippen LogP contribution >= 0.6 is 0 Å². The molecule has 1 saturated heterocycles. The molecule has 0 spiro atoms. The number of rotatable bonds is 4. The normalized spacial score (nSPS) is 16.4. The average Bonchev–Trinajstić information content (AvgIpc) is 2.77. The van der Waals surface area contributed by atoms with Crippen molar-refractivity contribution in [1.82, 2.24) is 19.4 Å². The molecule has 0 bridgehead atoms. The molecule has 1 aromatic carbocycles. The highest BCUT2D eigenvalue weighted by atomic mass is 19.1. The van der Waals surface area contributed by atoms with Gasteiger partial charge < -0.3 is 19.3 Å². The average molecular weight is 425 g/mol. The first kappa shape index (κ1) is 19.4. The number of halogens is 1. The number of nitrogens with zero attached hydrogens (tertiary/aromatic N) is 5. The van der Waals surface area contributed by atoms with Crippen LogP contribution in [0.2, 0.25) is 0 Å². The molecular formula is C21H20FN5O4. The van der Waals surface area contributed by atoms with E-state index in [2.05, 4.69) is 14.9 Å². The highest BCUT2D eigenvalue weighted by molar-refractivity contribution is 5.97. The van der Waals surface area contributed by atoms with Crippen LogP contribution in [-0.2, 0) is 13.1 Å². The molecule has 1 N–H and O–H groups in total. The molecule has 10 heteroatoms. The smallest absolute Gasteiger partial charge is 0.341 e. The van der Waals surface area contributed by atoms with Gasteiger partial charge in [-0.15, -0.1) is 0 Å². The van der Waals surface area contributed by atoms with Gasteiger partial charge >= 0.3 is 5.97 Å². The van der Waals surface area contributed by atoms with Gasteiger partial charge in [0.1, 0.15) is 24.2 Å². The van der Waals surface area contributed by atoms with Crippen molar-refractivity contribution in [3.05, 3.63) is 58.2 Å². The molecule has 2 aliphatic heterocycles. The van der Waals surface area contributed by atoms with Crippen LogP contribution in [0.3, 0.4) is 0 Å². The first-order valence-corrected chi connectivity index (χ1v) is 10.00. The third kappa shape index (κ3) is 3.38. The minimum atomic E-state index is -1.33. The quantitative estimate of drug-likeness (QED) is 0.669. The summed E-state index contributed by atoms with van der Waals surface area (Å²) in [5, 5.41) is 9.36. The molecule has 0 unspecified atom stereocenters. The van der Waals surface area contributed by atoms with E-state index in [4.69, 9.17) is 4.74 Å². The standard InChI is InChI=1S/C21H20FN5O4/c22-16-7-14-17-20(31-6-5-27(17)11-15(19(14)28)21(29)30)18(16)26-3-1-25(2-4-26)10-13-8-23-12-24-9-13/h7-9,11-12H,1-6,10H2,(H,29,30). The summed E-state index contributed by atoms with van der Waals surface area (Å²) < 4.78 is 22.7. The van der Waals surface area contributed by atoms with E-state index in [0.29, 0.717) is 36.6 Å². The fourth-order valence-electron chi connectivity index (χ4n) is 4.29. The van der Waals surface area contributed by atoms with E-state index < -0.39 is 17.2 Å². The number of piperazine rings is 1. The first-order valence-electron chi connectivity index (χ1n) is 10.00. The zero-order valence-electron chi connectivity index (χ0n) is 16.6. The van der Waals surface area contributed by atoms with Gasteiger partial charge in [-0.05, 0) is 6.07 Å². The Morgan fingerprint density at radius 3 is 2.61 bits per heavy atom. The Morgan fingerprint density at radius 1 is 1.16 bits per heavy atom. The SMILES string of the molecule is O=C(O)c1cn2c3c(c(N4CCN(Cc5cncnc5)CC4)c(F)cc3c1=O)OCC2. The Kier molecular flexibility index (Phi) is 4.78. The lowest BCUT2D eigenvalue weighted by Gasteiger charge is -2.37. The van der Waals surface area contributed by atoms with E-state index in [1.54, 1.807) is 17.0 Å². The van der Waals surface area contributed by atoms with Gasteiger partial charge in [0.25, 0.3) is 0 Å². The Balaban J connectivity index is 1.48. The number of hydrogen-bond acceptors (Lipinski definition) is 7. The number of benzene rings is 1. The molecule has 5 rings (SSSR count). The van der Waals surface area contributed by atoms with Gasteiger partial charge in [-0.1, -0.05) is 0 Å². The van der Waals surface area contributed by atoms with Crippen molar-refractivity contribution >= 4 is 22.6 Å². The van der Waals surface area contributed by atoms with Gasteiger partial charge in [0.15, 0.2) is 11.6 Å². The number of ether oxygens (including phenoxy) is 1. The summed E-state index contributed by atoms with van der Waals surface area (Å²) >= 11 is 0. The number of anilines is 1. The largest absolute Gasteiger partial charge is 0.487 e. The van der Waals surface area contributed by atoms with Gasteiger partial charge in [0, 0.05) is 56.9 Å². The van der Waals surface area contributed by atoms with Crippen LogP contribution in [0.1, 0.15) is 15.9 Å². The fourth-order valence-corrected chi connectivity index (χ4v) is 4.29. The monoisotopic (exact) mass is 425 g/mol. The van der Waals surface area contributed by atoms with Crippen LogP contribution in [-0.4, -0.2) is 63.3 Å². The van der Waals surface area contributed by atoms with E-state index in [9.17, 15) is 14.7 Å². The number of aromatic nitrogens is 3. The zero-order chi connectivity index (χ0) is 21.5. The number of carboxylic acids is 1. The highest BCUT2D eigenvalue weighted by Gasteiger charge is 2.29. The molecule has 0 radical (unpaired) electrons. The molecule has 0 atom stereocenters. The Labute approximate surface area is 176 Å². The lowest BCUT2D eigenvalue weighted by atomic mass is 10.1.